The second-order valence-corrected chi connectivity index (χ2v) is 4.09. The zero-order valence-corrected chi connectivity index (χ0v) is 10.4. The molecule has 106 valence electrons. The molecule has 0 aliphatic rings. The van der Waals surface area contributed by atoms with E-state index in [4.69, 9.17) is 0 Å². The Balaban J connectivity index is 0.00000180. The summed E-state index contributed by atoms with van der Waals surface area (Å²) < 4.78 is 66.0. The molecule has 3 N–H and O–H groups in total. The third kappa shape index (κ3) is 2.30. The van der Waals surface area contributed by atoms with Crippen molar-refractivity contribution in [3.05, 3.63) is 35.0 Å². The molecular weight excluding hydrogens is 267 g/mol. The lowest BCUT2D eigenvalue weighted by atomic mass is 10.1. The summed E-state index contributed by atoms with van der Waals surface area (Å²) >= 11 is 0. The van der Waals surface area contributed by atoms with Crippen molar-refractivity contribution in [2.45, 2.75) is 19.5 Å². The van der Waals surface area contributed by atoms with Gasteiger partial charge in [-0.2, -0.15) is 0 Å². The van der Waals surface area contributed by atoms with E-state index in [2.05, 4.69) is 0 Å². The number of halogens is 5. The summed E-state index contributed by atoms with van der Waals surface area (Å²) in [6, 6.07) is 1.65. The predicted octanol–water partition coefficient (Wildman–Crippen LogP) is 4.20. The monoisotopic (exact) mass is 280 g/mol. The van der Waals surface area contributed by atoms with Gasteiger partial charge < -0.3 is 10.7 Å². The summed E-state index contributed by atoms with van der Waals surface area (Å²) in [6.45, 7) is 1.37. The maximum absolute atomic E-state index is 13.6. The van der Waals surface area contributed by atoms with Gasteiger partial charge in [-0.05, 0) is 18.6 Å². The van der Waals surface area contributed by atoms with Crippen LogP contribution in [0.1, 0.15) is 17.4 Å². The first-order valence-corrected chi connectivity index (χ1v) is 5.20. The summed E-state index contributed by atoms with van der Waals surface area (Å²) in [4.78, 5) is 0. The Labute approximate surface area is 106 Å². The molecule has 1 aromatic carbocycles. The molecule has 1 atom stereocenters. The fourth-order valence-electron chi connectivity index (χ4n) is 2.21. The lowest BCUT2D eigenvalue weighted by Gasteiger charge is -2.10. The molecule has 0 saturated carbocycles. The van der Waals surface area contributed by atoms with Crippen LogP contribution in [0.15, 0.2) is 12.1 Å². The Morgan fingerprint density at radius 1 is 1.11 bits per heavy atom. The minimum absolute atomic E-state index is 0. The molecule has 0 spiro atoms. The number of hydrogen-bond donors (Lipinski definition) is 1. The molecule has 0 aliphatic carbocycles. The largest absolute Gasteiger partial charge is 0.344 e. The van der Waals surface area contributed by atoms with Crippen molar-refractivity contribution in [1.29, 1.82) is 0 Å². The molecular formula is C12H13F5N2. The van der Waals surface area contributed by atoms with Crippen molar-refractivity contribution < 1.29 is 22.0 Å². The summed E-state index contributed by atoms with van der Waals surface area (Å²) in [6.07, 6.45) is -5.73. The van der Waals surface area contributed by atoms with Gasteiger partial charge in [-0.25, -0.2) is 22.0 Å². The fourth-order valence-corrected chi connectivity index (χ4v) is 2.21. The molecule has 1 unspecified atom stereocenters. The van der Waals surface area contributed by atoms with Gasteiger partial charge in [0.1, 0.15) is 11.6 Å². The van der Waals surface area contributed by atoms with E-state index in [1.54, 1.807) is 0 Å². The Hall–Kier alpha value is -1.63. The first-order valence-electron chi connectivity index (χ1n) is 5.20. The maximum Gasteiger partial charge on any atom is 0.274 e. The normalized spacial score (nSPS) is 12.8. The molecule has 0 amide bonds. The van der Waals surface area contributed by atoms with E-state index in [0.29, 0.717) is 6.07 Å². The topological polar surface area (TPSA) is 39.9 Å². The van der Waals surface area contributed by atoms with Gasteiger partial charge >= 0.3 is 0 Å². The van der Waals surface area contributed by atoms with E-state index in [0.717, 1.165) is 10.6 Å². The number of alkyl halides is 3. The maximum atomic E-state index is 13.6. The number of fused-ring (bicyclic) bond motifs is 1. The van der Waals surface area contributed by atoms with Gasteiger partial charge in [0.25, 0.3) is 6.43 Å². The Bertz CT molecular complexity index is 606. The number of nitrogens with zero attached hydrogens (tertiary/aromatic N) is 1. The van der Waals surface area contributed by atoms with Crippen LogP contribution < -0.4 is 6.15 Å². The Morgan fingerprint density at radius 3 is 2.21 bits per heavy atom. The van der Waals surface area contributed by atoms with Crippen LogP contribution in [0.3, 0.4) is 0 Å². The second-order valence-electron chi connectivity index (χ2n) is 4.09. The third-order valence-corrected chi connectivity index (χ3v) is 3.00. The summed E-state index contributed by atoms with van der Waals surface area (Å²) in [7, 11) is 1.28. The zero-order chi connectivity index (χ0) is 13.6. The lowest BCUT2D eigenvalue weighted by molar-refractivity contribution is 0.0456. The highest BCUT2D eigenvalue weighted by Gasteiger charge is 2.29. The number of rotatable bonds is 2. The molecule has 7 heteroatoms. The van der Waals surface area contributed by atoms with Crippen molar-refractivity contribution in [3.63, 3.8) is 0 Å². The molecule has 0 bridgehead atoms. The van der Waals surface area contributed by atoms with Gasteiger partial charge in [0.2, 0.25) is 6.17 Å². The highest BCUT2D eigenvalue weighted by Crippen LogP contribution is 2.35. The van der Waals surface area contributed by atoms with Crippen LogP contribution in [-0.4, -0.2) is 11.0 Å². The van der Waals surface area contributed by atoms with E-state index in [1.165, 1.54) is 14.0 Å². The fraction of sp³-hybridized carbons (Fsp3) is 0.333. The average molecular weight is 280 g/mol. The minimum atomic E-state index is -3.21. The summed E-state index contributed by atoms with van der Waals surface area (Å²) in [5.74, 6) is -1.73. The predicted molar refractivity (Wildman–Crippen MR) is 62.4 cm³/mol. The van der Waals surface area contributed by atoms with E-state index >= 15 is 0 Å². The van der Waals surface area contributed by atoms with Crippen molar-refractivity contribution in [3.8, 4) is 0 Å². The molecule has 0 radical (unpaired) electrons. The molecule has 0 fully saturated rings. The standard InChI is InChI=1S/C12H10F5N.H3N/c1-5-7-3-6(13)4-8(14)11(7)18(2)10(5)9(15)12(16)17;/h3-4,9,12H,1-2H3;1H3. The first kappa shape index (κ1) is 15.4. The van der Waals surface area contributed by atoms with Crippen LogP contribution in [0.4, 0.5) is 22.0 Å². The molecule has 19 heavy (non-hydrogen) atoms. The van der Waals surface area contributed by atoms with E-state index in [1.807, 2.05) is 0 Å². The van der Waals surface area contributed by atoms with Crippen molar-refractivity contribution in [2.75, 3.05) is 0 Å². The molecule has 2 nitrogen and oxygen atoms in total. The van der Waals surface area contributed by atoms with E-state index in [-0.39, 0.29) is 28.3 Å². The highest BCUT2D eigenvalue weighted by atomic mass is 19.3. The highest BCUT2D eigenvalue weighted by molar-refractivity contribution is 5.86. The molecule has 0 aliphatic heterocycles. The van der Waals surface area contributed by atoms with Crippen LogP contribution in [0.5, 0.6) is 0 Å². The van der Waals surface area contributed by atoms with Gasteiger partial charge in [-0.3, -0.25) is 0 Å². The van der Waals surface area contributed by atoms with Crippen LogP contribution in [-0.2, 0) is 7.05 Å². The van der Waals surface area contributed by atoms with Crippen LogP contribution in [0.25, 0.3) is 10.9 Å². The number of aryl methyl sites for hydroxylation is 2. The van der Waals surface area contributed by atoms with Gasteiger partial charge in [0.05, 0.1) is 11.2 Å². The molecule has 1 aromatic heterocycles. The van der Waals surface area contributed by atoms with Crippen LogP contribution in [0.2, 0.25) is 0 Å². The van der Waals surface area contributed by atoms with Crippen LogP contribution >= 0.6 is 0 Å². The Kier molecular flexibility index (Phi) is 4.19. The molecule has 2 aromatic rings. The molecule has 0 saturated heterocycles. The van der Waals surface area contributed by atoms with Crippen molar-refractivity contribution in [2.24, 2.45) is 7.05 Å². The first-order chi connectivity index (χ1) is 8.34. The minimum Gasteiger partial charge on any atom is -0.344 e. The number of hydrogen-bond acceptors (Lipinski definition) is 1. The van der Waals surface area contributed by atoms with Gasteiger partial charge in [-0.15, -0.1) is 0 Å². The smallest absolute Gasteiger partial charge is 0.274 e. The lowest BCUT2D eigenvalue weighted by Crippen LogP contribution is -2.09. The third-order valence-electron chi connectivity index (χ3n) is 3.00. The second kappa shape index (κ2) is 5.16. The zero-order valence-electron chi connectivity index (χ0n) is 10.4. The molecule has 2 rings (SSSR count). The summed E-state index contributed by atoms with van der Waals surface area (Å²) in [5.41, 5.74) is -0.282. The SMILES string of the molecule is Cc1c(C(F)C(F)F)n(C)c2c(F)cc(F)cc12.N. The van der Waals surface area contributed by atoms with Gasteiger partial charge in [0.15, 0.2) is 0 Å². The van der Waals surface area contributed by atoms with Gasteiger partial charge in [-0.1, -0.05) is 0 Å². The molecule has 1 heterocycles. The Morgan fingerprint density at radius 2 is 1.68 bits per heavy atom. The van der Waals surface area contributed by atoms with E-state index in [9.17, 15) is 22.0 Å². The van der Waals surface area contributed by atoms with E-state index < -0.39 is 24.2 Å². The average Bonchev–Trinajstić information content (AvgIpc) is 2.50. The van der Waals surface area contributed by atoms with Crippen molar-refractivity contribution in [1.82, 2.24) is 10.7 Å². The number of benzene rings is 1. The quantitative estimate of drug-likeness (QED) is 0.823. The summed E-state index contributed by atoms with van der Waals surface area (Å²) in [5, 5.41) is 0.105. The van der Waals surface area contributed by atoms with Crippen molar-refractivity contribution >= 4 is 10.9 Å². The van der Waals surface area contributed by atoms with Crippen LogP contribution in [0, 0.1) is 18.6 Å². The van der Waals surface area contributed by atoms with Gasteiger partial charge in [0, 0.05) is 18.5 Å². The number of aromatic nitrogens is 1.